The maximum atomic E-state index is 10.9. The summed E-state index contributed by atoms with van der Waals surface area (Å²) in [6.07, 6.45) is 0. The van der Waals surface area contributed by atoms with Crippen molar-refractivity contribution in [3.8, 4) is 0 Å². The highest BCUT2D eigenvalue weighted by Crippen LogP contribution is 2.16. The molecule has 0 aliphatic rings. The molecule has 2 aromatic rings. The van der Waals surface area contributed by atoms with E-state index < -0.39 is 11.9 Å². The van der Waals surface area contributed by atoms with Crippen LogP contribution in [0.15, 0.2) is 48.5 Å². The van der Waals surface area contributed by atoms with E-state index in [1.165, 1.54) is 12.1 Å². The number of carboxylic acid groups (broad SMARTS) is 2. The third-order valence-corrected chi connectivity index (χ3v) is 2.85. The molecule has 0 saturated heterocycles. The number of aromatic carboxylic acids is 2. The van der Waals surface area contributed by atoms with E-state index in [0.29, 0.717) is 11.4 Å². The first-order chi connectivity index (χ1) is 10.1. The van der Waals surface area contributed by atoms with E-state index in [1.807, 2.05) is 0 Å². The first-order valence-corrected chi connectivity index (χ1v) is 6.18. The lowest BCUT2D eigenvalue weighted by Crippen LogP contribution is -2.26. The highest BCUT2D eigenvalue weighted by molar-refractivity contribution is 5.93. The van der Waals surface area contributed by atoms with Gasteiger partial charge in [-0.2, -0.15) is 0 Å². The Morgan fingerprint density at radius 3 is 1.52 bits per heavy atom. The van der Waals surface area contributed by atoms with Crippen LogP contribution in [0, 0.1) is 0 Å². The molecular formula is C15H12N2O4-2. The Morgan fingerprint density at radius 1 is 0.762 bits per heavy atom. The second kappa shape index (κ2) is 6.42. The monoisotopic (exact) mass is 284 g/mol. The average molecular weight is 284 g/mol. The van der Waals surface area contributed by atoms with E-state index in [0.717, 1.165) is 0 Å². The number of hydrogen-bond acceptors (Lipinski definition) is 6. The van der Waals surface area contributed by atoms with Crippen molar-refractivity contribution in [2.75, 3.05) is 17.3 Å². The number of carbonyl (C=O) groups is 2. The fourth-order valence-electron chi connectivity index (χ4n) is 1.87. The SMILES string of the molecule is O=C([O-])c1ccccc1NCNc1ccccc1C(=O)[O-]. The van der Waals surface area contributed by atoms with E-state index in [4.69, 9.17) is 0 Å². The Bertz CT molecular complexity index is 613. The summed E-state index contributed by atoms with van der Waals surface area (Å²) in [6.45, 7) is 0.147. The van der Waals surface area contributed by atoms with Crippen LogP contribution in [-0.2, 0) is 0 Å². The van der Waals surface area contributed by atoms with Crippen LogP contribution >= 0.6 is 0 Å². The number of hydrogen-bond donors (Lipinski definition) is 2. The Hall–Kier alpha value is -3.02. The lowest BCUT2D eigenvalue weighted by molar-refractivity contribution is -0.256. The summed E-state index contributed by atoms with van der Waals surface area (Å²) >= 11 is 0. The standard InChI is InChI=1S/C15H14N2O4/c18-14(19)10-5-1-3-7-12(10)16-9-17-13-8-4-2-6-11(13)15(20)21/h1-8,16-17H,9H2,(H,18,19)(H,20,21)/p-2. The molecule has 0 radical (unpaired) electrons. The highest BCUT2D eigenvalue weighted by atomic mass is 16.4. The predicted octanol–water partition coefficient (Wildman–Crippen LogP) is -0.105. The van der Waals surface area contributed by atoms with Crippen LogP contribution in [0.25, 0.3) is 0 Å². The van der Waals surface area contributed by atoms with Crippen LogP contribution in [-0.4, -0.2) is 18.6 Å². The molecule has 0 atom stereocenters. The van der Waals surface area contributed by atoms with E-state index in [9.17, 15) is 19.8 Å². The molecule has 0 aromatic heterocycles. The molecule has 2 rings (SSSR count). The van der Waals surface area contributed by atoms with Gasteiger partial charge in [-0.15, -0.1) is 0 Å². The largest absolute Gasteiger partial charge is 0.545 e. The van der Waals surface area contributed by atoms with Gasteiger partial charge in [0.1, 0.15) is 0 Å². The van der Waals surface area contributed by atoms with Gasteiger partial charge in [-0.1, -0.05) is 36.4 Å². The van der Waals surface area contributed by atoms with Gasteiger partial charge in [0.2, 0.25) is 0 Å². The summed E-state index contributed by atoms with van der Waals surface area (Å²) in [6, 6.07) is 12.6. The van der Waals surface area contributed by atoms with Crippen molar-refractivity contribution in [3.05, 3.63) is 59.7 Å². The van der Waals surface area contributed by atoms with E-state index >= 15 is 0 Å². The zero-order valence-electron chi connectivity index (χ0n) is 11.0. The molecule has 0 aliphatic heterocycles. The number of rotatable bonds is 6. The van der Waals surface area contributed by atoms with Gasteiger partial charge < -0.3 is 30.4 Å². The van der Waals surface area contributed by atoms with Gasteiger partial charge in [-0.25, -0.2) is 0 Å². The fourth-order valence-corrected chi connectivity index (χ4v) is 1.87. The fraction of sp³-hybridized carbons (Fsp3) is 0.0667. The molecule has 0 aliphatic carbocycles. The maximum Gasteiger partial charge on any atom is 0.0849 e. The van der Waals surface area contributed by atoms with Crippen molar-refractivity contribution in [2.24, 2.45) is 0 Å². The van der Waals surface area contributed by atoms with Gasteiger partial charge in [0.25, 0.3) is 0 Å². The predicted molar refractivity (Wildman–Crippen MR) is 73.7 cm³/mol. The van der Waals surface area contributed by atoms with Gasteiger partial charge in [-0.05, 0) is 12.1 Å². The van der Waals surface area contributed by atoms with Crippen molar-refractivity contribution >= 4 is 23.3 Å². The summed E-state index contributed by atoms with van der Waals surface area (Å²) < 4.78 is 0. The zero-order chi connectivity index (χ0) is 15.2. The molecular weight excluding hydrogens is 272 g/mol. The Morgan fingerprint density at radius 2 is 1.14 bits per heavy atom. The summed E-state index contributed by atoms with van der Waals surface area (Å²) in [5, 5.41) is 27.6. The highest BCUT2D eigenvalue weighted by Gasteiger charge is 2.03. The van der Waals surface area contributed by atoms with E-state index in [-0.39, 0.29) is 17.8 Å². The topological polar surface area (TPSA) is 104 Å². The molecule has 0 saturated carbocycles. The Labute approximate surface area is 121 Å². The van der Waals surface area contributed by atoms with Gasteiger partial charge >= 0.3 is 0 Å². The number of benzene rings is 2. The molecule has 0 spiro atoms. The molecule has 0 bridgehead atoms. The smallest absolute Gasteiger partial charge is 0.0849 e. The van der Waals surface area contributed by atoms with Crippen molar-refractivity contribution < 1.29 is 19.8 Å². The summed E-state index contributed by atoms with van der Waals surface area (Å²) in [4.78, 5) is 21.9. The molecule has 21 heavy (non-hydrogen) atoms. The minimum Gasteiger partial charge on any atom is -0.545 e. The second-order valence-electron chi connectivity index (χ2n) is 4.20. The third-order valence-electron chi connectivity index (χ3n) is 2.85. The number of carbonyl (C=O) groups excluding carboxylic acids is 2. The maximum absolute atomic E-state index is 10.9. The van der Waals surface area contributed by atoms with Crippen molar-refractivity contribution in [3.63, 3.8) is 0 Å². The molecule has 0 fully saturated rings. The zero-order valence-corrected chi connectivity index (χ0v) is 11.0. The van der Waals surface area contributed by atoms with E-state index in [2.05, 4.69) is 10.6 Å². The molecule has 0 unspecified atom stereocenters. The van der Waals surface area contributed by atoms with Crippen LogP contribution in [0.2, 0.25) is 0 Å². The summed E-state index contributed by atoms with van der Waals surface area (Å²) in [5.74, 6) is -2.57. The van der Waals surface area contributed by atoms with Crippen LogP contribution in [0.3, 0.4) is 0 Å². The number of para-hydroxylation sites is 2. The molecule has 2 aromatic carbocycles. The molecule has 2 N–H and O–H groups in total. The quantitative estimate of drug-likeness (QED) is 0.717. The van der Waals surface area contributed by atoms with Crippen molar-refractivity contribution in [2.45, 2.75) is 0 Å². The van der Waals surface area contributed by atoms with Gasteiger partial charge in [0.05, 0.1) is 18.6 Å². The number of nitrogens with one attached hydrogen (secondary N) is 2. The lowest BCUT2D eigenvalue weighted by atomic mass is 10.2. The average Bonchev–Trinajstić information content (AvgIpc) is 2.48. The molecule has 0 amide bonds. The third kappa shape index (κ3) is 3.50. The van der Waals surface area contributed by atoms with Crippen LogP contribution in [0.4, 0.5) is 11.4 Å². The minimum absolute atomic E-state index is 0.0347. The van der Waals surface area contributed by atoms with Crippen LogP contribution in [0.5, 0.6) is 0 Å². The van der Waals surface area contributed by atoms with Crippen molar-refractivity contribution in [1.29, 1.82) is 0 Å². The Kier molecular flexibility index (Phi) is 4.40. The minimum atomic E-state index is -1.28. The molecule has 6 heteroatoms. The van der Waals surface area contributed by atoms with E-state index in [1.54, 1.807) is 36.4 Å². The van der Waals surface area contributed by atoms with Gasteiger partial charge in [0, 0.05) is 22.5 Å². The molecule has 6 nitrogen and oxygen atoms in total. The first kappa shape index (κ1) is 14.4. The number of carboxylic acids is 2. The van der Waals surface area contributed by atoms with Gasteiger partial charge in [-0.3, -0.25) is 0 Å². The molecule has 0 heterocycles. The Balaban J connectivity index is 2.06. The molecule has 108 valence electrons. The summed E-state index contributed by atoms with van der Waals surface area (Å²) in [5.41, 5.74) is 0.840. The van der Waals surface area contributed by atoms with Crippen LogP contribution in [0.1, 0.15) is 20.7 Å². The van der Waals surface area contributed by atoms with Gasteiger partial charge in [0.15, 0.2) is 0 Å². The second-order valence-corrected chi connectivity index (χ2v) is 4.20. The first-order valence-electron chi connectivity index (χ1n) is 6.18. The number of anilines is 2. The summed E-state index contributed by atoms with van der Waals surface area (Å²) in [7, 11) is 0. The normalized spacial score (nSPS) is 9.90. The lowest BCUT2D eigenvalue weighted by Gasteiger charge is -2.16. The van der Waals surface area contributed by atoms with Crippen LogP contribution < -0.4 is 20.8 Å². The van der Waals surface area contributed by atoms with Crippen molar-refractivity contribution in [1.82, 2.24) is 0 Å².